The van der Waals surface area contributed by atoms with Crippen LogP contribution in [0.25, 0.3) is 0 Å². The molecule has 0 unspecified atom stereocenters. The van der Waals surface area contributed by atoms with Gasteiger partial charge >= 0.3 is 0 Å². The zero-order valence-electron chi connectivity index (χ0n) is 17.4. The van der Waals surface area contributed by atoms with Crippen LogP contribution in [0, 0.1) is 19.7 Å². The highest BCUT2D eigenvalue weighted by Crippen LogP contribution is 2.28. The van der Waals surface area contributed by atoms with Gasteiger partial charge in [-0.1, -0.05) is 18.2 Å². The summed E-state index contributed by atoms with van der Waals surface area (Å²) in [6.07, 6.45) is 2.87. The van der Waals surface area contributed by atoms with Gasteiger partial charge in [0.2, 0.25) is 5.91 Å². The number of aryl methyl sites for hydroxylation is 2. The molecular weight excluding hydrogens is 397 g/mol. The molecule has 4 rings (SSSR count). The van der Waals surface area contributed by atoms with Crippen molar-refractivity contribution in [2.75, 3.05) is 13.1 Å². The van der Waals surface area contributed by atoms with Crippen LogP contribution >= 0.6 is 11.3 Å². The predicted octanol–water partition coefficient (Wildman–Crippen LogP) is 4.83. The third-order valence-corrected chi connectivity index (χ3v) is 6.40. The Balaban J connectivity index is 1.48. The normalized spacial score (nSPS) is 16.6. The second kappa shape index (κ2) is 9.04. The molecule has 4 nitrogen and oxygen atoms in total. The first-order valence-corrected chi connectivity index (χ1v) is 11.3. The lowest BCUT2D eigenvalue weighted by molar-refractivity contribution is -0.131. The second-order valence-electron chi connectivity index (χ2n) is 8.02. The van der Waals surface area contributed by atoms with Crippen LogP contribution in [0.15, 0.2) is 41.8 Å². The van der Waals surface area contributed by atoms with Crippen LogP contribution in [-0.2, 0) is 17.6 Å². The van der Waals surface area contributed by atoms with E-state index in [2.05, 4.69) is 11.1 Å². The van der Waals surface area contributed by atoms with Crippen LogP contribution in [0.2, 0.25) is 0 Å². The molecule has 30 heavy (non-hydrogen) atoms. The van der Waals surface area contributed by atoms with E-state index in [-0.39, 0.29) is 17.6 Å². The number of piperidine rings is 1. The standard InChI is InChI=1S/C24H26FN3OS/c1-16-10-18(11-19-6-3-4-8-22(19)25)12-23(26-16)20-7-5-9-28(14-20)24(29)13-21-15-30-17(2)27-21/h3-4,6,8,10,12,15,20H,5,7,9,11,13-14H2,1-2H3/t20-/m0/s1. The molecule has 0 radical (unpaired) electrons. The molecule has 0 saturated carbocycles. The maximum Gasteiger partial charge on any atom is 0.228 e. The first-order valence-electron chi connectivity index (χ1n) is 10.4. The Hall–Kier alpha value is -2.60. The predicted molar refractivity (Wildman–Crippen MR) is 117 cm³/mol. The van der Waals surface area contributed by atoms with E-state index in [4.69, 9.17) is 4.98 Å². The molecule has 6 heteroatoms. The number of benzene rings is 1. The van der Waals surface area contributed by atoms with Gasteiger partial charge in [0.15, 0.2) is 0 Å². The summed E-state index contributed by atoms with van der Waals surface area (Å²) in [5, 5.41) is 2.95. The molecule has 1 aliphatic rings. The average Bonchev–Trinajstić information content (AvgIpc) is 3.14. The number of carbonyl (C=O) groups is 1. The van der Waals surface area contributed by atoms with E-state index in [1.165, 1.54) is 6.07 Å². The fourth-order valence-corrected chi connectivity index (χ4v) is 4.75. The van der Waals surface area contributed by atoms with Crippen molar-refractivity contribution in [2.45, 2.75) is 45.4 Å². The number of hydrogen-bond donors (Lipinski definition) is 0. The first kappa shape index (κ1) is 20.7. The fraction of sp³-hybridized carbons (Fsp3) is 0.375. The molecule has 1 aromatic carbocycles. The summed E-state index contributed by atoms with van der Waals surface area (Å²) in [5.74, 6) is 0.156. The highest BCUT2D eigenvalue weighted by atomic mass is 32.1. The number of thiazole rings is 1. The fourth-order valence-electron chi connectivity index (χ4n) is 4.14. The number of pyridine rings is 1. The molecule has 0 N–H and O–H groups in total. The quantitative estimate of drug-likeness (QED) is 0.590. The molecule has 0 bridgehead atoms. The summed E-state index contributed by atoms with van der Waals surface area (Å²) < 4.78 is 14.1. The van der Waals surface area contributed by atoms with Crippen molar-refractivity contribution in [1.29, 1.82) is 0 Å². The summed E-state index contributed by atoms with van der Waals surface area (Å²) in [5.41, 5.74) is 4.53. The van der Waals surface area contributed by atoms with E-state index in [9.17, 15) is 9.18 Å². The zero-order valence-corrected chi connectivity index (χ0v) is 18.2. The topological polar surface area (TPSA) is 46.1 Å². The van der Waals surface area contributed by atoms with Crippen LogP contribution < -0.4 is 0 Å². The highest BCUT2D eigenvalue weighted by molar-refractivity contribution is 7.09. The minimum Gasteiger partial charge on any atom is -0.342 e. The molecule has 3 heterocycles. The van der Waals surface area contributed by atoms with E-state index in [0.29, 0.717) is 24.9 Å². The van der Waals surface area contributed by atoms with Crippen LogP contribution in [0.5, 0.6) is 0 Å². The van der Waals surface area contributed by atoms with Crippen molar-refractivity contribution in [3.63, 3.8) is 0 Å². The number of nitrogens with zero attached hydrogens (tertiary/aromatic N) is 3. The largest absolute Gasteiger partial charge is 0.342 e. The lowest BCUT2D eigenvalue weighted by Crippen LogP contribution is -2.40. The first-order chi connectivity index (χ1) is 14.5. The summed E-state index contributed by atoms with van der Waals surface area (Å²) >= 11 is 1.58. The number of rotatable bonds is 5. The van der Waals surface area contributed by atoms with Gasteiger partial charge in [-0.3, -0.25) is 9.78 Å². The molecular formula is C24H26FN3OS. The summed E-state index contributed by atoms with van der Waals surface area (Å²) in [4.78, 5) is 23.9. The van der Waals surface area contributed by atoms with Gasteiger partial charge in [-0.25, -0.2) is 9.37 Å². The van der Waals surface area contributed by atoms with Gasteiger partial charge < -0.3 is 4.90 Å². The molecule has 1 fully saturated rings. The molecule has 156 valence electrons. The zero-order chi connectivity index (χ0) is 21.1. The van der Waals surface area contributed by atoms with Crippen molar-refractivity contribution in [3.8, 4) is 0 Å². The molecule has 1 aliphatic heterocycles. The Morgan fingerprint density at radius 2 is 2.07 bits per heavy atom. The molecule has 1 saturated heterocycles. The second-order valence-corrected chi connectivity index (χ2v) is 9.09. The monoisotopic (exact) mass is 423 g/mol. The number of amides is 1. The number of carbonyl (C=O) groups excluding carboxylic acids is 1. The van der Waals surface area contributed by atoms with Gasteiger partial charge in [0.05, 0.1) is 17.1 Å². The lowest BCUT2D eigenvalue weighted by atomic mass is 9.92. The minimum atomic E-state index is -0.180. The average molecular weight is 424 g/mol. The molecule has 1 atom stereocenters. The number of aromatic nitrogens is 2. The van der Waals surface area contributed by atoms with Gasteiger partial charge in [-0.05, 0) is 56.0 Å². The Kier molecular flexibility index (Phi) is 6.23. The smallest absolute Gasteiger partial charge is 0.228 e. The third kappa shape index (κ3) is 4.93. The number of halogens is 1. The van der Waals surface area contributed by atoms with Crippen LogP contribution in [0.3, 0.4) is 0 Å². The summed E-state index contributed by atoms with van der Waals surface area (Å²) in [7, 11) is 0. The molecule has 1 amide bonds. The summed E-state index contributed by atoms with van der Waals surface area (Å²) in [6.45, 7) is 5.40. The maximum absolute atomic E-state index is 14.1. The Morgan fingerprint density at radius 3 is 2.83 bits per heavy atom. The van der Waals surface area contributed by atoms with Crippen LogP contribution in [0.1, 0.15) is 52.0 Å². The third-order valence-electron chi connectivity index (χ3n) is 5.58. The Bertz CT molecular complexity index is 1050. The minimum absolute atomic E-state index is 0.129. The van der Waals surface area contributed by atoms with Crippen molar-refractivity contribution in [3.05, 3.63) is 80.8 Å². The van der Waals surface area contributed by atoms with Gasteiger partial charge in [0, 0.05) is 42.2 Å². The van der Waals surface area contributed by atoms with E-state index in [1.54, 1.807) is 17.4 Å². The van der Waals surface area contributed by atoms with Crippen molar-refractivity contribution in [1.82, 2.24) is 14.9 Å². The SMILES string of the molecule is Cc1cc(Cc2ccccc2F)cc([C@H]2CCCN(C(=O)Cc3csc(C)n3)C2)n1. The lowest BCUT2D eigenvalue weighted by Gasteiger charge is -2.32. The van der Waals surface area contributed by atoms with Crippen LogP contribution in [0.4, 0.5) is 4.39 Å². The van der Waals surface area contributed by atoms with Crippen molar-refractivity contribution in [2.24, 2.45) is 0 Å². The molecule has 3 aromatic rings. The molecule has 2 aromatic heterocycles. The van der Waals surface area contributed by atoms with Crippen LogP contribution in [-0.4, -0.2) is 33.9 Å². The number of hydrogen-bond acceptors (Lipinski definition) is 4. The van der Waals surface area contributed by atoms with Gasteiger partial charge in [-0.15, -0.1) is 11.3 Å². The molecule has 0 aliphatic carbocycles. The highest BCUT2D eigenvalue weighted by Gasteiger charge is 2.26. The van der Waals surface area contributed by atoms with Gasteiger partial charge in [0.25, 0.3) is 0 Å². The Morgan fingerprint density at radius 1 is 1.23 bits per heavy atom. The van der Waals surface area contributed by atoms with E-state index in [0.717, 1.165) is 47.0 Å². The summed E-state index contributed by atoms with van der Waals surface area (Å²) in [6, 6.07) is 11.0. The van der Waals surface area contributed by atoms with Gasteiger partial charge in [0.1, 0.15) is 5.82 Å². The van der Waals surface area contributed by atoms with E-state index in [1.807, 2.05) is 42.3 Å². The van der Waals surface area contributed by atoms with Crippen molar-refractivity contribution < 1.29 is 9.18 Å². The molecule has 0 spiro atoms. The van der Waals surface area contributed by atoms with Gasteiger partial charge in [-0.2, -0.15) is 0 Å². The van der Waals surface area contributed by atoms with E-state index >= 15 is 0 Å². The maximum atomic E-state index is 14.1. The van der Waals surface area contributed by atoms with E-state index < -0.39 is 0 Å². The van der Waals surface area contributed by atoms with Crippen molar-refractivity contribution >= 4 is 17.2 Å². The Labute approximate surface area is 180 Å². The number of likely N-dealkylation sites (tertiary alicyclic amines) is 1.